The van der Waals surface area contributed by atoms with Gasteiger partial charge in [0.05, 0.1) is 6.42 Å². The molecule has 0 atom stereocenters. The van der Waals surface area contributed by atoms with E-state index in [2.05, 4.69) is 11.6 Å². The van der Waals surface area contributed by atoms with Crippen LogP contribution < -0.4 is 0 Å². The zero-order valence-corrected chi connectivity index (χ0v) is 6.76. The number of carbonyl (C=O) groups excluding carboxylic acids is 1. The van der Waals surface area contributed by atoms with Gasteiger partial charge < -0.3 is 4.74 Å². The lowest BCUT2D eigenvalue weighted by molar-refractivity contribution is -0.123. The Bertz CT molecular complexity index is 228. The van der Waals surface area contributed by atoms with Crippen LogP contribution in [0.4, 0.5) is 0 Å². The summed E-state index contributed by atoms with van der Waals surface area (Å²) < 4.78 is 5.30. The van der Waals surface area contributed by atoms with Gasteiger partial charge in [-0.3, -0.25) is 4.79 Å². The van der Waals surface area contributed by atoms with Crippen molar-refractivity contribution in [3.8, 4) is 0 Å². The maximum absolute atomic E-state index is 10.9. The number of hydrogen-bond donors (Lipinski definition) is 0. The minimum Gasteiger partial charge on any atom is -0.471 e. The standard InChI is InChI=1S/C8H11NO2/c1-4-7-9-6(10)5-8(2,3)11-7/h4H,1,5H2,2-3H3. The molecule has 0 fully saturated rings. The summed E-state index contributed by atoms with van der Waals surface area (Å²) in [5.41, 5.74) is -0.428. The first kappa shape index (κ1) is 7.98. The average molecular weight is 153 g/mol. The van der Waals surface area contributed by atoms with E-state index < -0.39 is 5.60 Å². The van der Waals surface area contributed by atoms with Crippen molar-refractivity contribution >= 4 is 11.8 Å². The van der Waals surface area contributed by atoms with Gasteiger partial charge in [-0.2, -0.15) is 4.99 Å². The van der Waals surface area contributed by atoms with Gasteiger partial charge in [0.1, 0.15) is 5.60 Å². The monoisotopic (exact) mass is 153 g/mol. The number of ether oxygens (including phenoxy) is 1. The molecule has 0 bridgehead atoms. The summed E-state index contributed by atoms with van der Waals surface area (Å²) in [7, 11) is 0. The van der Waals surface area contributed by atoms with Crippen molar-refractivity contribution in [1.29, 1.82) is 0 Å². The van der Waals surface area contributed by atoms with E-state index in [1.54, 1.807) is 0 Å². The predicted molar refractivity (Wildman–Crippen MR) is 42.4 cm³/mol. The highest BCUT2D eigenvalue weighted by Gasteiger charge is 2.28. The van der Waals surface area contributed by atoms with Gasteiger partial charge in [-0.05, 0) is 19.9 Å². The number of hydrogen-bond acceptors (Lipinski definition) is 2. The fourth-order valence-corrected chi connectivity index (χ4v) is 0.956. The molecule has 0 unspecified atom stereocenters. The maximum Gasteiger partial charge on any atom is 0.252 e. The smallest absolute Gasteiger partial charge is 0.252 e. The predicted octanol–water partition coefficient (Wildman–Crippen LogP) is 1.30. The molecule has 3 heteroatoms. The summed E-state index contributed by atoms with van der Waals surface area (Å²) >= 11 is 0. The summed E-state index contributed by atoms with van der Waals surface area (Å²) in [5, 5.41) is 0. The van der Waals surface area contributed by atoms with Crippen LogP contribution in [0, 0.1) is 0 Å². The SMILES string of the molecule is C=CC1=NC(=O)CC(C)(C)O1. The zero-order valence-electron chi connectivity index (χ0n) is 6.76. The first-order valence-electron chi connectivity index (χ1n) is 3.46. The number of nitrogens with zero attached hydrogens (tertiary/aromatic N) is 1. The van der Waals surface area contributed by atoms with Crippen LogP contribution in [0.3, 0.4) is 0 Å². The van der Waals surface area contributed by atoms with Gasteiger partial charge in [-0.25, -0.2) is 0 Å². The zero-order chi connectivity index (χ0) is 8.48. The van der Waals surface area contributed by atoms with E-state index in [-0.39, 0.29) is 5.91 Å². The average Bonchev–Trinajstić information content (AvgIpc) is 1.83. The van der Waals surface area contributed by atoms with Gasteiger partial charge in [0.25, 0.3) is 5.91 Å². The third-order valence-corrected chi connectivity index (χ3v) is 1.37. The van der Waals surface area contributed by atoms with Crippen LogP contribution in [-0.4, -0.2) is 17.4 Å². The summed E-state index contributed by atoms with van der Waals surface area (Å²) in [6, 6.07) is 0. The quantitative estimate of drug-likeness (QED) is 0.569. The summed E-state index contributed by atoms with van der Waals surface area (Å²) in [6.07, 6.45) is 1.78. The number of amides is 1. The molecule has 0 aromatic heterocycles. The highest BCUT2D eigenvalue weighted by molar-refractivity contribution is 5.99. The summed E-state index contributed by atoms with van der Waals surface area (Å²) in [6.45, 7) is 7.18. The summed E-state index contributed by atoms with van der Waals surface area (Å²) in [4.78, 5) is 14.6. The molecule has 0 aromatic carbocycles. The van der Waals surface area contributed by atoms with Crippen LogP contribution in [0.15, 0.2) is 17.6 Å². The van der Waals surface area contributed by atoms with E-state index in [0.29, 0.717) is 12.3 Å². The van der Waals surface area contributed by atoms with Gasteiger partial charge in [-0.1, -0.05) is 6.58 Å². The Morgan fingerprint density at radius 2 is 2.36 bits per heavy atom. The normalized spacial score (nSPS) is 22.0. The molecule has 0 radical (unpaired) electrons. The number of rotatable bonds is 1. The van der Waals surface area contributed by atoms with E-state index in [0.717, 1.165) is 0 Å². The van der Waals surface area contributed by atoms with Crippen molar-refractivity contribution in [2.24, 2.45) is 4.99 Å². The van der Waals surface area contributed by atoms with Crippen LogP contribution in [-0.2, 0) is 9.53 Å². The van der Waals surface area contributed by atoms with Crippen molar-refractivity contribution in [3.05, 3.63) is 12.7 Å². The van der Waals surface area contributed by atoms with Crippen LogP contribution in [0.25, 0.3) is 0 Å². The molecule has 1 rings (SSSR count). The topological polar surface area (TPSA) is 38.7 Å². The second kappa shape index (κ2) is 2.49. The van der Waals surface area contributed by atoms with Crippen LogP contribution >= 0.6 is 0 Å². The van der Waals surface area contributed by atoms with E-state index in [1.165, 1.54) is 6.08 Å². The van der Waals surface area contributed by atoms with Gasteiger partial charge in [-0.15, -0.1) is 0 Å². The molecule has 60 valence electrons. The molecule has 0 spiro atoms. The molecule has 0 aromatic rings. The summed E-state index contributed by atoms with van der Waals surface area (Å²) in [5.74, 6) is 0.183. The number of carbonyl (C=O) groups is 1. The lowest BCUT2D eigenvalue weighted by Gasteiger charge is -2.27. The molecule has 0 saturated carbocycles. The van der Waals surface area contributed by atoms with Crippen LogP contribution in [0.2, 0.25) is 0 Å². The second-order valence-electron chi connectivity index (χ2n) is 3.09. The fourth-order valence-electron chi connectivity index (χ4n) is 0.956. The Labute approximate surface area is 65.8 Å². The molecule has 0 N–H and O–H groups in total. The molecule has 3 nitrogen and oxygen atoms in total. The molecule has 0 aliphatic carbocycles. The largest absolute Gasteiger partial charge is 0.471 e. The Hall–Kier alpha value is -1.12. The Morgan fingerprint density at radius 1 is 1.73 bits per heavy atom. The molecule has 0 saturated heterocycles. The van der Waals surface area contributed by atoms with Crippen LogP contribution in [0.5, 0.6) is 0 Å². The van der Waals surface area contributed by atoms with Crippen LogP contribution in [0.1, 0.15) is 20.3 Å². The highest BCUT2D eigenvalue weighted by Crippen LogP contribution is 2.20. The Balaban J connectivity index is 2.86. The second-order valence-corrected chi connectivity index (χ2v) is 3.09. The minimum absolute atomic E-state index is 0.142. The molecule has 1 heterocycles. The minimum atomic E-state index is -0.428. The molecular formula is C8H11NO2. The first-order chi connectivity index (χ1) is 5.03. The van der Waals surface area contributed by atoms with Gasteiger partial charge in [0.15, 0.2) is 0 Å². The van der Waals surface area contributed by atoms with Gasteiger partial charge in [0, 0.05) is 0 Å². The van der Waals surface area contributed by atoms with Gasteiger partial charge >= 0.3 is 0 Å². The Kier molecular flexibility index (Phi) is 1.81. The maximum atomic E-state index is 10.9. The van der Waals surface area contributed by atoms with Crippen molar-refractivity contribution in [1.82, 2.24) is 0 Å². The van der Waals surface area contributed by atoms with Gasteiger partial charge in [0.2, 0.25) is 5.90 Å². The lowest BCUT2D eigenvalue weighted by atomic mass is 10.0. The molecule has 1 aliphatic rings. The van der Waals surface area contributed by atoms with Crippen molar-refractivity contribution in [2.45, 2.75) is 25.9 Å². The third-order valence-electron chi connectivity index (χ3n) is 1.37. The van der Waals surface area contributed by atoms with E-state index in [4.69, 9.17) is 4.74 Å². The third kappa shape index (κ3) is 1.90. The Morgan fingerprint density at radius 3 is 2.82 bits per heavy atom. The fraction of sp³-hybridized carbons (Fsp3) is 0.500. The molecule has 11 heavy (non-hydrogen) atoms. The van der Waals surface area contributed by atoms with E-state index in [9.17, 15) is 4.79 Å². The number of aliphatic imine (C=N–C) groups is 1. The first-order valence-corrected chi connectivity index (χ1v) is 3.46. The molecule has 1 aliphatic heterocycles. The van der Waals surface area contributed by atoms with Crippen molar-refractivity contribution in [2.75, 3.05) is 0 Å². The molecular weight excluding hydrogens is 142 g/mol. The van der Waals surface area contributed by atoms with Crippen molar-refractivity contribution < 1.29 is 9.53 Å². The van der Waals surface area contributed by atoms with Crippen molar-refractivity contribution in [3.63, 3.8) is 0 Å². The van der Waals surface area contributed by atoms with E-state index in [1.807, 2.05) is 13.8 Å². The van der Waals surface area contributed by atoms with E-state index >= 15 is 0 Å². The lowest BCUT2D eigenvalue weighted by Crippen LogP contribution is -2.34. The molecule has 1 amide bonds. The highest BCUT2D eigenvalue weighted by atomic mass is 16.5.